The molecule has 1 saturated carbocycles. The third-order valence-electron chi connectivity index (χ3n) is 4.16. The van der Waals surface area contributed by atoms with Crippen molar-refractivity contribution in [2.24, 2.45) is 5.92 Å². The van der Waals surface area contributed by atoms with Gasteiger partial charge in [0.15, 0.2) is 0 Å². The lowest BCUT2D eigenvalue weighted by Crippen LogP contribution is -2.27. The van der Waals surface area contributed by atoms with Crippen LogP contribution in [0.5, 0.6) is 0 Å². The van der Waals surface area contributed by atoms with Crippen molar-refractivity contribution in [3.05, 3.63) is 28.7 Å². The minimum Gasteiger partial charge on any atom is -0.355 e. The van der Waals surface area contributed by atoms with Gasteiger partial charge in [0.05, 0.1) is 11.5 Å². The zero-order chi connectivity index (χ0) is 17.2. The lowest BCUT2D eigenvalue weighted by Gasteiger charge is -2.09. The fourth-order valence-electron chi connectivity index (χ4n) is 2.97. The average molecular weight is 413 g/mol. The predicted octanol–water partition coefficient (Wildman–Crippen LogP) is 4.21. The number of hydrogen-bond acceptors (Lipinski definition) is 3. The molecule has 0 aromatic heterocycles. The monoisotopic (exact) mass is 412 g/mol. The van der Waals surface area contributed by atoms with Gasteiger partial charge in [0.1, 0.15) is 0 Å². The molecule has 6 heteroatoms. The van der Waals surface area contributed by atoms with Crippen LogP contribution in [-0.2, 0) is 9.59 Å². The van der Waals surface area contributed by atoms with E-state index >= 15 is 0 Å². The van der Waals surface area contributed by atoms with Crippen molar-refractivity contribution >= 4 is 45.2 Å². The highest BCUT2D eigenvalue weighted by Gasteiger charge is 2.14. The molecule has 2 amide bonds. The maximum atomic E-state index is 11.8. The molecule has 24 heavy (non-hydrogen) atoms. The van der Waals surface area contributed by atoms with Crippen LogP contribution < -0.4 is 10.6 Å². The molecular weight excluding hydrogens is 388 g/mol. The molecule has 1 aliphatic carbocycles. The molecule has 4 nitrogen and oxygen atoms in total. The highest BCUT2D eigenvalue weighted by molar-refractivity contribution is 9.10. The molecule has 0 radical (unpaired) electrons. The van der Waals surface area contributed by atoms with Crippen LogP contribution in [0.25, 0.3) is 0 Å². The Balaban J connectivity index is 1.51. The minimum atomic E-state index is -0.0906. The van der Waals surface area contributed by atoms with Gasteiger partial charge >= 0.3 is 0 Å². The quantitative estimate of drug-likeness (QED) is 0.597. The van der Waals surface area contributed by atoms with Gasteiger partial charge < -0.3 is 10.6 Å². The van der Waals surface area contributed by atoms with Gasteiger partial charge in [-0.25, -0.2) is 0 Å². The van der Waals surface area contributed by atoms with Crippen molar-refractivity contribution < 1.29 is 9.59 Å². The zero-order valence-electron chi connectivity index (χ0n) is 13.9. The molecule has 1 aromatic carbocycles. The van der Waals surface area contributed by atoms with Crippen LogP contribution in [0.1, 0.15) is 38.5 Å². The minimum absolute atomic E-state index is 0.0154. The van der Waals surface area contributed by atoms with E-state index in [0.29, 0.717) is 5.75 Å². The summed E-state index contributed by atoms with van der Waals surface area (Å²) < 4.78 is 0.921. The number of benzene rings is 1. The number of amides is 2. The van der Waals surface area contributed by atoms with Crippen molar-refractivity contribution in [1.29, 1.82) is 0 Å². The molecule has 0 atom stereocenters. The van der Waals surface area contributed by atoms with Crippen molar-refractivity contribution in [2.75, 3.05) is 23.4 Å². The summed E-state index contributed by atoms with van der Waals surface area (Å²) in [5.41, 5.74) is 0.756. The second kappa shape index (κ2) is 10.8. The van der Waals surface area contributed by atoms with Crippen LogP contribution in [0.4, 0.5) is 5.69 Å². The Morgan fingerprint density at radius 3 is 2.67 bits per heavy atom. The van der Waals surface area contributed by atoms with Crippen molar-refractivity contribution in [3.8, 4) is 0 Å². The van der Waals surface area contributed by atoms with E-state index in [9.17, 15) is 9.59 Å². The second-order valence-electron chi connectivity index (χ2n) is 6.19. The van der Waals surface area contributed by atoms with Crippen molar-refractivity contribution in [3.63, 3.8) is 0 Å². The van der Waals surface area contributed by atoms with Gasteiger partial charge in [-0.05, 0) is 37.0 Å². The van der Waals surface area contributed by atoms with E-state index in [1.54, 1.807) is 0 Å². The van der Waals surface area contributed by atoms with Crippen molar-refractivity contribution in [2.45, 2.75) is 38.5 Å². The van der Waals surface area contributed by atoms with E-state index in [0.717, 1.165) is 29.0 Å². The third-order valence-corrected chi connectivity index (χ3v) is 5.59. The zero-order valence-corrected chi connectivity index (χ0v) is 16.3. The summed E-state index contributed by atoms with van der Waals surface area (Å²) in [6.45, 7) is 0.750. The number of carbonyl (C=O) groups excluding carboxylic acids is 2. The molecule has 2 rings (SSSR count). The van der Waals surface area contributed by atoms with E-state index in [1.807, 2.05) is 24.3 Å². The molecule has 0 spiro atoms. The molecule has 132 valence electrons. The van der Waals surface area contributed by atoms with Gasteiger partial charge in [0, 0.05) is 16.7 Å². The summed E-state index contributed by atoms with van der Waals surface area (Å²) in [6.07, 6.45) is 7.74. The Kier molecular flexibility index (Phi) is 8.67. The number of anilines is 1. The molecule has 0 unspecified atom stereocenters. The number of nitrogens with one attached hydrogen (secondary N) is 2. The molecule has 1 aromatic rings. The van der Waals surface area contributed by atoms with E-state index in [4.69, 9.17) is 0 Å². The van der Waals surface area contributed by atoms with Crippen LogP contribution in [0, 0.1) is 5.92 Å². The number of rotatable bonds is 9. The van der Waals surface area contributed by atoms with E-state index < -0.39 is 0 Å². The summed E-state index contributed by atoms with van der Waals surface area (Å²) in [7, 11) is 0. The summed E-state index contributed by atoms with van der Waals surface area (Å²) >= 11 is 4.71. The van der Waals surface area contributed by atoms with Crippen LogP contribution >= 0.6 is 27.7 Å². The fraction of sp³-hybridized carbons (Fsp3) is 0.556. The highest BCUT2D eigenvalue weighted by Crippen LogP contribution is 2.28. The third kappa shape index (κ3) is 7.71. The summed E-state index contributed by atoms with van der Waals surface area (Å²) in [6, 6.07) is 7.46. The van der Waals surface area contributed by atoms with Gasteiger partial charge in [-0.2, -0.15) is 0 Å². The van der Waals surface area contributed by atoms with Gasteiger partial charge in [-0.3, -0.25) is 9.59 Å². The molecular formula is C18H25BrN2O2S. The maximum absolute atomic E-state index is 11.8. The molecule has 2 N–H and O–H groups in total. The average Bonchev–Trinajstić information content (AvgIpc) is 3.05. The number of hydrogen-bond donors (Lipinski definition) is 2. The second-order valence-corrected chi connectivity index (χ2v) is 8.10. The Labute approximate surface area is 156 Å². The normalized spacial score (nSPS) is 14.5. The SMILES string of the molecule is O=C(CSCC(=O)Nc1cccc(Br)c1)NCCCC1CCCC1. The van der Waals surface area contributed by atoms with Gasteiger partial charge in [0.25, 0.3) is 0 Å². The van der Waals surface area contributed by atoms with Crippen LogP contribution in [-0.4, -0.2) is 29.9 Å². The summed E-state index contributed by atoms with van der Waals surface area (Å²) in [4.78, 5) is 23.6. The first-order chi connectivity index (χ1) is 11.6. The summed E-state index contributed by atoms with van der Waals surface area (Å²) in [5, 5.41) is 5.76. The lowest BCUT2D eigenvalue weighted by atomic mass is 10.0. The Morgan fingerprint density at radius 2 is 1.92 bits per heavy atom. The standard InChI is InChI=1S/C18H25BrN2O2S/c19-15-8-3-9-16(11-15)21-18(23)13-24-12-17(22)20-10-4-7-14-5-1-2-6-14/h3,8-9,11,14H,1-2,4-7,10,12-13H2,(H,20,22)(H,21,23). The van der Waals surface area contributed by atoms with Crippen molar-refractivity contribution in [1.82, 2.24) is 5.32 Å². The van der Waals surface area contributed by atoms with E-state index in [1.165, 1.54) is 43.9 Å². The first-order valence-corrected chi connectivity index (χ1v) is 10.5. The predicted molar refractivity (Wildman–Crippen MR) is 104 cm³/mol. The maximum Gasteiger partial charge on any atom is 0.234 e. The topological polar surface area (TPSA) is 58.2 Å². The Bertz CT molecular complexity index is 548. The van der Waals surface area contributed by atoms with E-state index in [2.05, 4.69) is 26.6 Å². The first kappa shape index (κ1) is 19.3. The molecule has 0 saturated heterocycles. The summed E-state index contributed by atoms with van der Waals surface area (Å²) in [5.74, 6) is 1.41. The van der Waals surface area contributed by atoms with Crippen LogP contribution in [0.2, 0.25) is 0 Å². The van der Waals surface area contributed by atoms with Crippen LogP contribution in [0.3, 0.4) is 0 Å². The van der Waals surface area contributed by atoms with Gasteiger partial charge in [-0.1, -0.05) is 47.7 Å². The largest absolute Gasteiger partial charge is 0.355 e. The Hall–Kier alpha value is -1.01. The Morgan fingerprint density at radius 1 is 1.17 bits per heavy atom. The molecule has 1 fully saturated rings. The molecule has 0 bridgehead atoms. The first-order valence-electron chi connectivity index (χ1n) is 8.53. The molecule has 0 heterocycles. The highest BCUT2D eigenvalue weighted by atomic mass is 79.9. The smallest absolute Gasteiger partial charge is 0.234 e. The lowest BCUT2D eigenvalue weighted by molar-refractivity contribution is -0.118. The molecule has 1 aliphatic rings. The van der Waals surface area contributed by atoms with Gasteiger partial charge in [-0.15, -0.1) is 11.8 Å². The number of carbonyl (C=O) groups is 2. The molecule has 0 aliphatic heterocycles. The van der Waals surface area contributed by atoms with E-state index in [-0.39, 0.29) is 17.6 Å². The number of thioether (sulfide) groups is 1. The van der Waals surface area contributed by atoms with Gasteiger partial charge in [0.2, 0.25) is 11.8 Å². The number of halogens is 1. The van der Waals surface area contributed by atoms with Crippen LogP contribution in [0.15, 0.2) is 28.7 Å². The fourth-order valence-corrected chi connectivity index (χ4v) is 4.01.